The van der Waals surface area contributed by atoms with Gasteiger partial charge in [0.1, 0.15) is 17.4 Å². The molecule has 3 heterocycles. The van der Waals surface area contributed by atoms with Crippen molar-refractivity contribution >= 4 is 17.4 Å². The van der Waals surface area contributed by atoms with Gasteiger partial charge in [0.2, 0.25) is 0 Å². The zero-order valence-electron chi connectivity index (χ0n) is 19.7. The number of hydrogen-bond donors (Lipinski definition) is 1. The number of nitrogens with two attached hydrogens (primary N) is 1. The number of benzene rings is 1. The van der Waals surface area contributed by atoms with Crippen molar-refractivity contribution in [1.29, 1.82) is 0 Å². The molecule has 5 rings (SSSR count). The van der Waals surface area contributed by atoms with Gasteiger partial charge in [-0.15, -0.1) is 0 Å². The molecule has 2 N–H and O–H groups in total. The quantitative estimate of drug-likeness (QED) is 0.612. The van der Waals surface area contributed by atoms with Gasteiger partial charge < -0.3 is 15.4 Å². The van der Waals surface area contributed by atoms with Crippen LogP contribution < -0.4 is 15.4 Å². The molecule has 0 amide bonds. The van der Waals surface area contributed by atoms with Gasteiger partial charge in [0.25, 0.3) is 0 Å². The van der Waals surface area contributed by atoms with Gasteiger partial charge in [-0.1, -0.05) is 37.6 Å². The highest BCUT2D eigenvalue weighted by atomic mass is 16.5. The third-order valence-electron chi connectivity index (χ3n) is 7.22. The fraction of sp³-hybridized carbons (Fsp3) is 0.577. The van der Waals surface area contributed by atoms with E-state index in [9.17, 15) is 4.79 Å². The van der Waals surface area contributed by atoms with E-state index >= 15 is 0 Å². The summed E-state index contributed by atoms with van der Waals surface area (Å²) in [6.07, 6.45) is 7.42. The van der Waals surface area contributed by atoms with Gasteiger partial charge in [0.05, 0.1) is 6.61 Å². The van der Waals surface area contributed by atoms with Crippen LogP contribution in [0.4, 0.5) is 11.6 Å². The topological polar surface area (TPSA) is 84.6 Å². The van der Waals surface area contributed by atoms with Gasteiger partial charge in [-0.05, 0) is 56.3 Å². The fourth-order valence-corrected chi connectivity index (χ4v) is 5.22. The van der Waals surface area contributed by atoms with Crippen molar-refractivity contribution in [3.63, 3.8) is 0 Å². The number of fused-ring (bicyclic) bond motifs is 1. The van der Waals surface area contributed by atoms with Crippen LogP contribution in [0, 0.1) is 0 Å². The summed E-state index contributed by atoms with van der Waals surface area (Å²) in [5.41, 5.74) is 9.52. The molecule has 1 spiro atoms. The van der Waals surface area contributed by atoms with E-state index in [1.54, 1.807) is 0 Å². The van der Waals surface area contributed by atoms with Crippen LogP contribution in [0.25, 0.3) is 0 Å². The lowest BCUT2D eigenvalue weighted by molar-refractivity contribution is -0.118. The number of anilines is 2. The summed E-state index contributed by atoms with van der Waals surface area (Å²) in [5, 5.41) is 0. The summed E-state index contributed by atoms with van der Waals surface area (Å²) in [5.74, 6) is 1.36. The van der Waals surface area contributed by atoms with Crippen molar-refractivity contribution in [2.45, 2.75) is 76.9 Å². The second-order valence-electron chi connectivity index (χ2n) is 9.90. The number of ketones is 1. The number of nitrogens with zero attached hydrogens (tertiary/aromatic N) is 4. The number of rotatable bonds is 8. The molecule has 1 saturated heterocycles. The smallest absolute Gasteiger partial charge is 0.320 e. The van der Waals surface area contributed by atoms with Crippen LogP contribution in [0.2, 0.25) is 0 Å². The highest BCUT2D eigenvalue weighted by Gasteiger charge is 2.52. The minimum absolute atomic E-state index is 0.158. The molecule has 1 aromatic carbocycles. The molecule has 0 bridgehead atoms. The molecule has 3 aliphatic rings. The Morgan fingerprint density at radius 1 is 1.12 bits per heavy atom. The number of likely N-dealkylation sites (tertiary alicyclic amines) is 1. The van der Waals surface area contributed by atoms with Crippen molar-refractivity contribution in [3.05, 3.63) is 41.0 Å². The molecular weight excluding hydrogens is 414 g/mol. The Morgan fingerprint density at radius 2 is 1.88 bits per heavy atom. The molecule has 1 aliphatic carbocycles. The van der Waals surface area contributed by atoms with Crippen LogP contribution in [-0.2, 0) is 24.3 Å². The van der Waals surface area contributed by atoms with E-state index in [1.807, 2.05) is 0 Å². The standard InChI is InChI=1S/C26H35N5O2/c1-2-3-13-33-25-28-23(27)22-15-21(32)16-26(9-10-26)31(24(22)29-25)18-20-8-6-7-19(14-20)17-30-11-4-5-12-30/h6-8,14H,2-5,9-13,15-18H2,1H3,(H2,27,28,29). The molecule has 33 heavy (non-hydrogen) atoms. The lowest BCUT2D eigenvalue weighted by Gasteiger charge is -2.32. The summed E-state index contributed by atoms with van der Waals surface area (Å²) < 4.78 is 5.82. The molecule has 2 aromatic rings. The van der Waals surface area contributed by atoms with Crippen molar-refractivity contribution in [3.8, 4) is 6.01 Å². The minimum atomic E-state index is -0.158. The molecular formula is C26H35N5O2. The third kappa shape index (κ3) is 4.83. The second kappa shape index (κ2) is 9.29. The largest absolute Gasteiger partial charge is 0.463 e. The summed E-state index contributed by atoms with van der Waals surface area (Å²) in [6, 6.07) is 9.17. The van der Waals surface area contributed by atoms with E-state index in [0.717, 1.165) is 43.6 Å². The van der Waals surface area contributed by atoms with Gasteiger partial charge in [0, 0.05) is 37.0 Å². The van der Waals surface area contributed by atoms with Crippen LogP contribution >= 0.6 is 0 Å². The Morgan fingerprint density at radius 3 is 2.61 bits per heavy atom. The van der Waals surface area contributed by atoms with E-state index in [0.29, 0.717) is 37.8 Å². The zero-order chi connectivity index (χ0) is 22.8. The zero-order valence-corrected chi connectivity index (χ0v) is 19.7. The summed E-state index contributed by atoms with van der Waals surface area (Å²) in [7, 11) is 0. The number of aromatic nitrogens is 2. The lowest BCUT2D eigenvalue weighted by Crippen LogP contribution is -2.38. The molecule has 0 atom stereocenters. The van der Waals surface area contributed by atoms with Crippen molar-refractivity contribution in [2.24, 2.45) is 0 Å². The Balaban J connectivity index is 1.45. The summed E-state index contributed by atoms with van der Waals surface area (Å²) in [4.78, 5) is 26.9. The first-order valence-corrected chi connectivity index (χ1v) is 12.4. The first kappa shape index (κ1) is 22.1. The number of carbonyl (C=O) groups excluding carboxylic acids is 1. The molecule has 7 heteroatoms. The molecule has 0 unspecified atom stereocenters. The molecule has 1 saturated carbocycles. The summed E-state index contributed by atoms with van der Waals surface area (Å²) in [6.45, 7) is 6.77. The Kier molecular flexibility index (Phi) is 6.23. The number of carbonyl (C=O) groups is 1. The number of hydrogen-bond acceptors (Lipinski definition) is 7. The number of unbranched alkanes of at least 4 members (excludes halogenated alkanes) is 1. The molecule has 2 fully saturated rings. The SMILES string of the molecule is CCCCOc1nc(N)c2c(n1)N(Cc1cccc(CN3CCCC3)c1)C1(CC1)CC(=O)C2. The van der Waals surface area contributed by atoms with Crippen LogP contribution in [0.3, 0.4) is 0 Å². The van der Waals surface area contributed by atoms with E-state index in [2.05, 4.69) is 46.0 Å². The number of nitrogen functional groups attached to an aromatic ring is 1. The van der Waals surface area contributed by atoms with E-state index < -0.39 is 0 Å². The fourth-order valence-electron chi connectivity index (χ4n) is 5.22. The second-order valence-corrected chi connectivity index (χ2v) is 9.90. The minimum Gasteiger partial charge on any atom is -0.463 e. The first-order valence-electron chi connectivity index (χ1n) is 12.4. The molecule has 1 aromatic heterocycles. The Bertz CT molecular complexity index is 1010. The van der Waals surface area contributed by atoms with Gasteiger partial charge >= 0.3 is 6.01 Å². The predicted octanol–water partition coefficient (Wildman–Crippen LogP) is 3.89. The average Bonchev–Trinajstić information content (AvgIpc) is 3.40. The van der Waals surface area contributed by atoms with Gasteiger partial charge in [0.15, 0.2) is 0 Å². The van der Waals surface area contributed by atoms with Gasteiger partial charge in [-0.2, -0.15) is 9.97 Å². The molecule has 2 aliphatic heterocycles. The third-order valence-corrected chi connectivity index (χ3v) is 7.22. The molecule has 176 valence electrons. The van der Waals surface area contributed by atoms with Crippen molar-refractivity contribution in [1.82, 2.24) is 14.9 Å². The number of Topliss-reactive ketones (excluding diaryl/α,β-unsaturated/α-hetero) is 1. The van der Waals surface area contributed by atoms with Crippen LogP contribution in [-0.4, -0.2) is 45.9 Å². The highest BCUT2D eigenvalue weighted by molar-refractivity contribution is 5.88. The summed E-state index contributed by atoms with van der Waals surface area (Å²) >= 11 is 0. The van der Waals surface area contributed by atoms with Crippen LogP contribution in [0.1, 0.15) is 68.6 Å². The Labute approximate surface area is 196 Å². The van der Waals surface area contributed by atoms with E-state index in [-0.39, 0.29) is 11.3 Å². The van der Waals surface area contributed by atoms with E-state index in [1.165, 1.54) is 37.1 Å². The Hall–Kier alpha value is -2.67. The molecule has 0 radical (unpaired) electrons. The average molecular weight is 450 g/mol. The normalized spacial score (nSPS) is 19.5. The highest BCUT2D eigenvalue weighted by Crippen LogP contribution is 2.50. The maximum atomic E-state index is 12.8. The maximum Gasteiger partial charge on any atom is 0.320 e. The van der Waals surface area contributed by atoms with Crippen molar-refractivity contribution in [2.75, 3.05) is 30.3 Å². The first-order chi connectivity index (χ1) is 16.1. The van der Waals surface area contributed by atoms with Crippen LogP contribution in [0.5, 0.6) is 6.01 Å². The van der Waals surface area contributed by atoms with Gasteiger partial charge in [-0.3, -0.25) is 9.69 Å². The lowest BCUT2D eigenvalue weighted by atomic mass is 10.0. The van der Waals surface area contributed by atoms with Crippen LogP contribution in [0.15, 0.2) is 24.3 Å². The predicted molar refractivity (Wildman–Crippen MR) is 129 cm³/mol. The molecule has 7 nitrogen and oxygen atoms in total. The maximum absolute atomic E-state index is 12.8. The van der Waals surface area contributed by atoms with Crippen molar-refractivity contribution < 1.29 is 9.53 Å². The van der Waals surface area contributed by atoms with Gasteiger partial charge in [-0.25, -0.2) is 0 Å². The number of ether oxygens (including phenoxy) is 1. The van der Waals surface area contributed by atoms with E-state index in [4.69, 9.17) is 15.5 Å². The monoisotopic (exact) mass is 449 g/mol.